The number of nitrogens with one attached hydrogen (secondary N) is 1. The van der Waals surface area contributed by atoms with Crippen molar-refractivity contribution in [1.82, 2.24) is 19.7 Å². The van der Waals surface area contributed by atoms with Gasteiger partial charge in [0.15, 0.2) is 0 Å². The maximum Gasteiger partial charge on any atom is 0.222 e. The first-order valence-electron chi connectivity index (χ1n) is 6.19. The number of hydrogen-bond donors (Lipinski definition) is 1. The largest absolute Gasteiger partial charge is 0.354 e. The summed E-state index contributed by atoms with van der Waals surface area (Å²) in [6.07, 6.45) is 4.63. The second kappa shape index (κ2) is 5.62. The lowest BCUT2D eigenvalue weighted by Crippen LogP contribution is -2.10. The van der Waals surface area contributed by atoms with Crippen LogP contribution in [0.25, 0.3) is 0 Å². The van der Waals surface area contributed by atoms with Crippen molar-refractivity contribution in [1.29, 1.82) is 0 Å². The molecule has 0 aliphatic carbocycles. The quantitative estimate of drug-likeness (QED) is 0.820. The minimum Gasteiger partial charge on any atom is -0.354 e. The Morgan fingerprint density at radius 2 is 1.89 bits per heavy atom. The predicted molar refractivity (Wildman–Crippen MR) is 71.6 cm³/mol. The molecule has 2 aromatic heterocycles. The van der Waals surface area contributed by atoms with E-state index in [0.717, 1.165) is 30.8 Å². The van der Waals surface area contributed by atoms with Crippen molar-refractivity contribution in [2.45, 2.75) is 33.7 Å². The van der Waals surface area contributed by atoms with Crippen LogP contribution in [0.2, 0.25) is 0 Å². The molecule has 2 rings (SSSR count). The van der Waals surface area contributed by atoms with Crippen LogP contribution >= 0.6 is 0 Å². The molecule has 2 aromatic rings. The minimum atomic E-state index is 0.689. The average molecular weight is 245 g/mol. The molecule has 0 radical (unpaired) electrons. The van der Waals surface area contributed by atoms with Crippen LogP contribution in [-0.2, 0) is 6.54 Å². The summed E-state index contributed by atoms with van der Waals surface area (Å²) in [6.45, 7) is 7.84. The highest BCUT2D eigenvalue weighted by molar-refractivity contribution is 5.23. The summed E-state index contributed by atoms with van der Waals surface area (Å²) >= 11 is 0. The molecule has 0 fully saturated rings. The van der Waals surface area contributed by atoms with E-state index in [-0.39, 0.29) is 0 Å². The minimum absolute atomic E-state index is 0.689. The van der Waals surface area contributed by atoms with Crippen LogP contribution in [0.3, 0.4) is 0 Å². The molecule has 0 saturated carbocycles. The van der Waals surface area contributed by atoms with Gasteiger partial charge in [0.2, 0.25) is 5.95 Å². The average Bonchev–Trinajstić information content (AvgIpc) is 2.66. The molecule has 5 nitrogen and oxygen atoms in total. The topological polar surface area (TPSA) is 55.6 Å². The van der Waals surface area contributed by atoms with Gasteiger partial charge in [0.05, 0.1) is 5.69 Å². The molecule has 0 aliphatic heterocycles. The van der Waals surface area contributed by atoms with Crippen molar-refractivity contribution >= 4 is 5.95 Å². The number of nitrogens with zero attached hydrogens (tertiary/aromatic N) is 4. The third kappa shape index (κ3) is 3.29. The Morgan fingerprint density at radius 3 is 2.50 bits per heavy atom. The standard InChI is InChI=1S/C13H19N5/c1-10-8-15-13(16-9-10)14-5-4-6-18-12(3)7-11(2)17-18/h7-9H,4-6H2,1-3H3,(H,14,15,16). The van der Waals surface area contributed by atoms with E-state index in [0.29, 0.717) is 5.95 Å². The molecule has 0 spiro atoms. The monoisotopic (exact) mass is 245 g/mol. The van der Waals surface area contributed by atoms with Gasteiger partial charge in [-0.1, -0.05) is 0 Å². The third-order valence-electron chi connectivity index (χ3n) is 2.71. The molecule has 2 heterocycles. The zero-order valence-electron chi connectivity index (χ0n) is 11.1. The van der Waals surface area contributed by atoms with Gasteiger partial charge in [0.1, 0.15) is 0 Å². The molecule has 0 unspecified atom stereocenters. The van der Waals surface area contributed by atoms with Crippen molar-refractivity contribution < 1.29 is 0 Å². The Morgan fingerprint density at radius 1 is 1.17 bits per heavy atom. The second-order valence-electron chi connectivity index (χ2n) is 4.51. The van der Waals surface area contributed by atoms with Crippen LogP contribution in [0.5, 0.6) is 0 Å². The zero-order valence-corrected chi connectivity index (χ0v) is 11.1. The van der Waals surface area contributed by atoms with Crippen LogP contribution in [0.15, 0.2) is 18.5 Å². The first-order valence-corrected chi connectivity index (χ1v) is 6.19. The summed E-state index contributed by atoms with van der Waals surface area (Å²) in [4.78, 5) is 8.40. The number of hydrogen-bond acceptors (Lipinski definition) is 4. The number of aromatic nitrogens is 4. The van der Waals surface area contributed by atoms with Crippen molar-refractivity contribution in [3.8, 4) is 0 Å². The smallest absolute Gasteiger partial charge is 0.222 e. The SMILES string of the molecule is Cc1cnc(NCCCn2nc(C)cc2C)nc1. The number of rotatable bonds is 5. The maximum absolute atomic E-state index is 4.42. The van der Waals surface area contributed by atoms with E-state index in [1.165, 1.54) is 5.69 Å². The van der Waals surface area contributed by atoms with Gasteiger partial charge in [0, 0.05) is 31.2 Å². The molecule has 0 amide bonds. The van der Waals surface area contributed by atoms with Crippen molar-refractivity contribution in [2.24, 2.45) is 0 Å². The highest BCUT2D eigenvalue weighted by atomic mass is 15.3. The summed E-state index contributed by atoms with van der Waals surface area (Å²) in [5.41, 5.74) is 3.35. The Kier molecular flexibility index (Phi) is 3.92. The van der Waals surface area contributed by atoms with E-state index in [2.05, 4.69) is 33.4 Å². The van der Waals surface area contributed by atoms with Gasteiger partial charge in [-0.05, 0) is 38.8 Å². The Hall–Kier alpha value is -1.91. The summed E-state index contributed by atoms with van der Waals surface area (Å²) in [5, 5.41) is 7.63. The number of aryl methyl sites for hydroxylation is 4. The molecule has 0 aliphatic rings. The zero-order chi connectivity index (χ0) is 13.0. The lowest BCUT2D eigenvalue weighted by molar-refractivity contribution is 0.573. The van der Waals surface area contributed by atoms with Crippen molar-refractivity contribution in [3.63, 3.8) is 0 Å². The molecule has 0 atom stereocenters. The lowest BCUT2D eigenvalue weighted by atomic mass is 10.4. The second-order valence-corrected chi connectivity index (χ2v) is 4.51. The van der Waals surface area contributed by atoms with Crippen LogP contribution in [0.1, 0.15) is 23.4 Å². The lowest BCUT2D eigenvalue weighted by Gasteiger charge is -2.06. The number of anilines is 1. The van der Waals surface area contributed by atoms with Gasteiger partial charge in [-0.3, -0.25) is 4.68 Å². The Labute approximate surface area is 107 Å². The fourth-order valence-corrected chi connectivity index (χ4v) is 1.81. The van der Waals surface area contributed by atoms with Gasteiger partial charge in [-0.15, -0.1) is 0 Å². The first-order chi connectivity index (χ1) is 8.65. The highest BCUT2D eigenvalue weighted by Gasteiger charge is 2.00. The molecule has 0 bridgehead atoms. The van der Waals surface area contributed by atoms with Crippen molar-refractivity contribution in [3.05, 3.63) is 35.4 Å². The van der Waals surface area contributed by atoms with E-state index >= 15 is 0 Å². The van der Waals surface area contributed by atoms with E-state index in [1.807, 2.05) is 30.9 Å². The fraction of sp³-hybridized carbons (Fsp3) is 0.462. The third-order valence-corrected chi connectivity index (χ3v) is 2.71. The highest BCUT2D eigenvalue weighted by Crippen LogP contribution is 2.03. The first kappa shape index (κ1) is 12.5. The van der Waals surface area contributed by atoms with Crippen LogP contribution < -0.4 is 5.32 Å². The van der Waals surface area contributed by atoms with Gasteiger partial charge in [0.25, 0.3) is 0 Å². The summed E-state index contributed by atoms with van der Waals surface area (Å²) in [5.74, 6) is 0.689. The fourth-order valence-electron chi connectivity index (χ4n) is 1.81. The maximum atomic E-state index is 4.42. The van der Waals surface area contributed by atoms with Gasteiger partial charge < -0.3 is 5.32 Å². The van der Waals surface area contributed by atoms with Crippen LogP contribution in [-0.4, -0.2) is 26.3 Å². The molecule has 96 valence electrons. The van der Waals surface area contributed by atoms with E-state index < -0.39 is 0 Å². The van der Waals surface area contributed by atoms with Gasteiger partial charge >= 0.3 is 0 Å². The van der Waals surface area contributed by atoms with Gasteiger partial charge in [-0.25, -0.2) is 9.97 Å². The Balaban J connectivity index is 1.76. The van der Waals surface area contributed by atoms with Crippen LogP contribution in [0, 0.1) is 20.8 Å². The Bertz CT molecular complexity index is 501. The van der Waals surface area contributed by atoms with E-state index in [1.54, 1.807) is 0 Å². The molecule has 0 saturated heterocycles. The summed E-state index contributed by atoms with van der Waals surface area (Å²) < 4.78 is 2.03. The molecular weight excluding hydrogens is 226 g/mol. The van der Waals surface area contributed by atoms with E-state index in [9.17, 15) is 0 Å². The van der Waals surface area contributed by atoms with Crippen molar-refractivity contribution in [2.75, 3.05) is 11.9 Å². The van der Waals surface area contributed by atoms with E-state index in [4.69, 9.17) is 0 Å². The summed E-state index contributed by atoms with van der Waals surface area (Å²) in [6, 6.07) is 2.09. The molecular formula is C13H19N5. The molecule has 1 N–H and O–H groups in total. The normalized spacial score (nSPS) is 10.6. The van der Waals surface area contributed by atoms with Gasteiger partial charge in [-0.2, -0.15) is 5.10 Å². The molecule has 0 aromatic carbocycles. The molecule has 5 heteroatoms. The van der Waals surface area contributed by atoms with Crippen LogP contribution in [0.4, 0.5) is 5.95 Å². The predicted octanol–water partition coefficient (Wildman–Crippen LogP) is 2.10. The summed E-state index contributed by atoms with van der Waals surface area (Å²) in [7, 11) is 0. The molecule has 18 heavy (non-hydrogen) atoms.